The molecule has 5 nitrogen and oxygen atoms in total. The summed E-state index contributed by atoms with van der Waals surface area (Å²) < 4.78 is 3.12. The van der Waals surface area contributed by atoms with Gasteiger partial charge in [-0.3, -0.25) is 9.58 Å². The SMILES string of the molecule is Brc1cnn(C2CCN(Cc3cnc(C4CCC4)nc3)C2)c1. The molecule has 3 heterocycles. The number of likely N-dealkylation sites (tertiary alicyclic amines) is 1. The summed E-state index contributed by atoms with van der Waals surface area (Å²) in [5.41, 5.74) is 1.21. The third-order valence-electron chi connectivity index (χ3n) is 4.79. The van der Waals surface area contributed by atoms with Gasteiger partial charge >= 0.3 is 0 Å². The molecule has 1 saturated heterocycles. The van der Waals surface area contributed by atoms with Gasteiger partial charge in [-0.15, -0.1) is 0 Å². The molecule has 2 aromatic heterocycles. The zero-order chi connectivity index (χ0) is 14.9. The zero-order valence-corrected chi connectivity index (χ0v) is 14.1. The van der Waals surface area contributed by atoms with Crippen molar-refractivity contribution >= 4 is 15.9 Å². The van der Waals surface area contributed by atoms with E-state index in [-0.39, 0.29) is 0 Å². The largest absolute Gasteiger partial charge is 0.297 e. The van der Waals surface area contributed by atoms with Crippen LogP contribution >= 0.6 is 15.9 Å². The van der Waals surface area contributed by atoms with Gasteiger partial charge in [-0.2, -0.15) is 5.10 Å². The van der Waals surface area contributed by atoms with Crippen molar-refractivity contribution in [2.24, 2.45) is 0 Å². The second kappa shape index (κ2) is 6.08. The third-order valence-corrected chi connectivity index (χ3v) is 5.20. The van der Waals surface area contributed by atoms with Crippen LogP contribution in [0.2, 0.25) is 0 Å². The highest BCUT2D eigenvalue weighted by molar-refractivity contribution is 9.10. The molecule has 1 aliphatic carbocycles. The molecule has 4 rings (SSSR count). The fourth-order valence-electron chi connectivity index (χ4n) is 3.27. The zero-order valence-electron chi connectivity index (χ0n) is 12.5. The Bertz CT molecular complexity index is 634. The number of rotatable bonds is 4. The fraction of sp³-hybridized carbons (Fsp3) is 0.562. The molecule has 6 heteroatoms. The highest BCUT2D eigenvalue weighted by Gasteiger charge is 2.25. The average Bonchev–Trinajstić information content (AvgIpc) is 3.08. The highest BCUT2D eigenvalue weighted by Crippen LogP contribution is 2.34. The molecular formula is C16H20BrN5. The Kier molecular flexibility index (Phi) is 3.96. The van der Waals surface area contributed by atoms with Crippen LogP contribution < -0.4 is 0 Å². The summed E-state index contributed by atoms with van der Waals surface area (Å²) in [6, 6.07) is 0.474. The first-order valence-electron chi connectivity index (χ1n) is 8.01. The number of halogens is 1. The van der Waals surface area contributed by atoms with Gasteiger partial charge in [0.1, 0.15) is 5.82 Å². The van der Waals surface area contributed by atoms with E-state index in [4.69, 9.17) is 0 Å². The quantitative estimate of drug-likeness (QED) is 0.838. The van der Waals surface area contributed by atoms with Crippen LogP contribution in [0, 0.1) is 0 Å². The average molecular weight is 362 g/mol. The van der Waals surface area contributed by atoms with Crippen LogP contribution in [0.1, 0.15) is 49.0 Å². The van der Waals surface area contributed by atoms with Crippen molar-refractivity contribution in [1.29, 1.82) is 0 Å². The molecule has 1 atom stereocenters. The van der Waals surface area contributed by atoms with E-state index in [0.29, 0.717) is 12.0 Å². The molecule has 0 spiro atoms. The molecule has 2 fully saturated rings. The van der Waals surface area contributed by atoms with Gasteiger partial charge in [-0.1, -0.05) is 6.42 Å². The first-order valence-corrected chi connectivity index (χ1v) is 8.80. The molecule has 2 aromatic rings. The third kappa shape index (κ3) is 2.94. The molecule has 1 unspecified atom stereocenters. The molecule has 0 aromatic carbocycles. The monoisotopic (exact) mass is 361 g/mol. The lowest BCUT2D eigenvalue weighted by atomic mass is 9.85. The minimum atomic E-state index is 0.474. The van der Waals surface area contributed by atoms with Crippen LogP contribution in [0.4, 0.5) is 0 Å². The summed E-state index contributed by atoms with van der Waals surface area (Å²) in [6.45, 7) is 3.08. The second-order valence-corrected chi connectivity index (χ2v) is 7.31. The molecule has 0 bridgehead atoms. The molecule has 0 radical (unpaired) electrons. The lowest BCUT2D eigenvalue weighted by Gasteiger charge is -2.23. The Morgan fingerprint density at radius 2 is 1.95 bits per heavy atom. The van der Waals surface area contributed by atoms with Crippen molar-refractivity contribution in [3.8, 4) is 0 Å². The van der Waals surface area contributed by atoms with Gasteiger partial charge in [0.15, 0.2) is 0 Å². The maximum atomic E-state index is 4.56. The lowest BCUT2D eigenvalue weighted by molar-refractivity contribution is 0.310. The van der Waals surface area contributed by atoms with Crippen LogP contribution in [-0.2, 0) is 6.54 Å². The van der Waals surface area contributed by atoms with Gasteiger partial charge in [0.25, 0.3) is 0 Å². The Morgan fingerprint density at radius 3 is 2.59 bits per heavy atom. The Labute approximate surface area is 138 Å². The molecule has 0 N–H and O–H groups in total. The standard InChI is InChI=1S/C16H20BrN5/c17-14-8-20-22(10-14)15-4-5-21(11-15)9-12-6-18-16(19-7-12)13-2-1-3-13/h6-8,10,13,15H,1-5,9,11H2. The van der Waals surface area contributed by atoms with E-state index in [2.05, 4.69) is 46.8 Å². The molecule has 116 valence electrons. The summed E-state index contributed by atoms with van der Waals surface area (Å²) in [4.78, 5) is 11.6. The number of nitrogens with zero attached hydrogens (tertiary/aromatic N) is 5. The van der Waals surface area contributed by atoms with E-state index in [9.17, 15) is 0 Å². The van der Waals surface area contributed by atoms with Crippen LogP contribution in [0.5, 0.6) is 0 Å². The highest BCUT2D eigenvalue weighted by atomic mass is 79.9. The van der Waals surface area contributed by atoms with Crippen molar-refractivity contribution in [3.05, 3.63) is 40.6 Å². The van der Waals surface area contributed by atoms with Crippen LogP contribution in [0.25, 0.3) is 0 Å². The molecule has 1 aliphatic heterocycles. The Hall–Kier alpha value is -1.27. The van der Waals surface area contributed by atoms with E-state index in [1.54, 1.807) is 0 Å². The molecular weight excluding hydrogens is 342 g/mol. The van der Waals surface area contributed by atoms with E-state index in [1.165, 1.54) is 24.8 Å². The predicted octanol–water partition coefficient (Wildman–Crippen LogP) is 3.15. The van der Waals surface area contributed by atoms with Gasteiger partial charge < -0.3 is 0 Å². The topological polar surface area (TPSA) is 46.8 Å². The second-order valence-electron chi connectivity index (χ2n) is 6.39. The van der Waals surface area contributed by atoms with Gasteiger partial charge in [-0.25, -0.2) is 9.97 Å². The molecule has 1 saturated carbocycles. The fourth-order valence-corrected chi connectivity index (χ4v) is 3.57. The number of hydrogen-bond acceptors (Lipinski definition) is 4. The van der Waals surface area contributed by atoms with Crippen molar-refractivity contribution in [3.63, 3.8) is 0 Å². The maximum absolute atomic E-state index is 4.56. The van der Waals surface area contributed by atoms with Crippen LogP contribution in [0.15, 0.2) is 29.3 Å². The van der Waals surface area contributed by atoms with Crippen molar-refractivity contribution in [2.45, 2.75) is 44.2 Å². The normalized spacial score (nSPS) is 22.9. The predicted molar refractivity (Wildman–Crippen MR) is 87.5 cm³/mol. The van der Waals surface area contributed by atoms with Crippen molar-refractivity contribution in [2.75, 3.05) is 13.1 Å². The number of aromatic nitrogens is 4. The smallest absolute Gasteiger partial charge is 0.131 e. The lowest BCUT2D eigenvalue weighted by Crippen LogP contribution is -2.22. The first kappa shape index (κ1) is 14.3. The van der Waals surface area contributed by atoms with Gasteiger partial charge in [0.05, 0.1) is 16.7 Å². The first-order chi connectivity index (χ1) is 10.8. The summed E-state index contributed by atoms with van der Waals surface area (Å²) >= 11 is 3.46. The summed E-state index contributed by atoms with van der Waals surface area (Å²) in [5.74, 6) is 1.65. The van der Waals surface area contributed by atoms with E-state index < -0.39 is 0 Å². The van der Waals surface area contributed by atoms with Crippen LogP contribution in [0.3, 0.4) is 0 Å². The van der Waals surface area contributed by atoms with E-state index in [0.717, 1.165) is 36.4 Å². The summed E-state index contributed by atoms with van der Waals surface area (Å²) in [6.07, 6.45) is 12.9. The number of hydrogen-bond donors (Lipinski definition) is 0. The molecule has 22 heavy (non-hydrogen) atoms. The van der Waals surface area contributed by atoms with E-state index >= 15 is 0 Å². The summed E-state index contributed by atoms with van der Waals surface area (Å²) in [7, 11) is 0. The van der Waals surface area contributed by atoms with Crippen molar-refractivity contribution < 1.29 is 0 Å². The Morgan fingerprint density at radius 1 is 1.14 bits per heavy atom. The minimum absolute atomic E-state index is 0.474. The maximum Gasteiger partial charge on any atom is 0.131 e. The van der Waals surface area contributed by atoms with Crippen LogP contribution in [-0.4, -0.2) is 37.7 Å². The van der Waals surface area contributed by atoms with Gasteiger partial charge in [0.2, 0.25) is 0 Å². The van der Waals surface area contributed by atoms with Gasteiger partial charge in [0, 0.05) is 49.7 Å². The molecule has 0 amide bonds. The van der Waals surface area contributed by atoms with E-state index in [1.807, 2.05) is 18.6 Å². The van der Waals surface area contributed by atoms with Crippen molar-refractivity contribution in [1.82, 2.24) is 24.6 Å². The summed E-state index contributed by atoms with van der Waals surface area (Å²) in [5, 5.41) is 4.40. The Balaban J connectivity index is 1.35. The van der Waals surface area contributed by atoms with Gasteiger partial charge in [-0.05, 0) is 35.2 Å². The minimum Gasteiger partial charge on any atom is -0.297 e. The molecule has 2 aliphatic rings.